The molecule has 0 heterocycles. The van der Waals surface area contributed by atoms with Crippen LogP contribution in [-0.2, 0) is 21.2 Å². The van der Waals surface area contributed by atoms with E-state index in [0.717, 1.165) is 16.1 Å². The quantitative estimate of drug-likeness (QED) is 0.620. The molecule has 2 rings (SSSR count). The molecule has 0 saturated heterocycles. The zero-order chi connectivity index (χ0) is 20.7. The SMILES string of the molecule is CC[C@H](C(=O)NCCCc1ccc(F)cc1)N(c1ccc(Cl)cc1)S(C)(=O)=O. The average molecular weight is 427 g/mol. The minimum Gasteiger partial charge on any atom is -0.354 e. The van der Waals surface area contributed by atoms with Gasteiger partial charge in [-0.2, -0.15) is 0 Å². The van der Waals surface area contributed by atoms with Crippen LogP contribution in [0.3, 0.4) is 0 Å². The molecule has 0 aliphatic carbocycles. The molecule has 0 radical (unpaired) electrons. The largest absolute Gasteiger partial charge is 0.354 e. The molecular formula is C20H24ClFN2O3S. The number of carbonyl (C=O) groups excluding carboxylic acids is 1. The molecule has 5 nitrogen and oxygen atoms in total. The highest BCUT2D eigenvalue weighted by Gasteiger charge is 2.31. The third kappa shape index (κ3) is 6.21. The first-order chi connectivity index (χ1) is 13.2. The number of anilines is 1. The Morgan fingerprint density at radius 3 is 2.29 bits per heavy atom. The zero-order valence-corrected chi connectivity index (χ0v) is 17.4. The Bertz CT molecular complexity index is 887. The van der Waals surface area contributed by atoms with E-state index in [0.29, 0.717) is 36.5 Å². The number of benzene rings is 2. The third-order valence-electron chi connectivity index (χ3n) is 4.27. The number of nitrogens with one attached hydrogen (secondary N) is 1. The Balaban J connectivity index is 2.02. The van der Waals surface area contributed by atoms with Gasteiger partial charge in [-0.05, 0) is 61.2 Å². The summed E-state index contributed by atoms with van der Waals surface area (Å²) < 4.78 is 38.7. The van der Waals surface area contributed by atoms with Crippen molar-refractivity contribution in [1.82, 2.24) is 5.32 Å². The van der Waals surface area contributed by atoms with Crippen LogP contribution in [0.2, 0.25) is 5.02 Å². The van der Waals surface area contributed by atoms with Crippen LogP contribution >= 0.6 is 11.6 Å². The van der Waals surface area contributed by atoms with Crippen molar-refractivity contribution < 1.29 is 17.6 Å². The lowest BCUT2D eigenvalue weighted by atomic mass is 10.1. The van der Waals surface area contributed by atoms with Gasteiger partial charge in [-0.25, -0.2) is 12.8 Å². The maximum atomic E-state index is 12.9. The smallest absolute Gasteiger partial charge is 0.243 e. The van der Waals surface area contributed by atoms with Crippen LogP contribution in [0.5, 0.6) is 0 Å². The molecule has 28 heavy (non-hydrogen) atoms. The van der Waals surface area contributed by atoms with Crippen LogP contribution in [0.4, 0.5) is 10.1 Å². The molecule has 2 aromatic rings. The van der Waals surface area contributed by atoms with Gasteiger partial charge < -0.3 is 5.32 Å². The van der Waals surface area contributed by atoms with Crippen molar-refractivity contribution in [3.8, 4) is 0 Å². The fraction of sp³-hybridized carbons (Fsp3) is 0.350. The second kappa shape index (κ2) is 9.89. The van der Waals surface area contributed by atoms with Crippen LogP contribution in [0.1, 0.15) is 25.3 Å². The molecule has 0 aromatic heterocycles. The number of hydrogen-bond acceptors (Lipinski definition) is 3. The molecule has 0 spiro atoms. The fourth-order valence-electron chi connectivity index (χ4n) is 2.92. The lowest BCUT2D eigenvalue weighted by molar-refractivity contribution is -0.122. The van der Waals surface area contributed by atoms with E-state index in [9.17, 15) is 17.6 Å². The number of rotatable bonds is 9. The number of carbonyl (C=O) groups is 1. The third-order valence-corrected chi connectivity index (χ3v) is 5.70. The second-order valence-corrected chi connectivity index (χ2v) is 8.78. The van der Waals surface area contributed by atoms with E-state index < -0.39 is 16.1 Å². The van der Waals surface area contributed by atoms with E-state index in [4.69, 9.17) is 11.6 Å². The van der Waals surface area contributed by atoms with E-state index in [1.165, 1.54) is 12.1 Å². The van der Waals surface area contributed by atoms with Crippen molar-refractivity contribution in [2.75, 3.05) is 17.1 Å². The van der Waals surface area contributed by atoms with E-state index in [2.05, 4.69) is 5.32 Å². The maximum Gasteiger partial charge on any atom is 0.243 e. The summed E-state index contributed by atoms with van der Waals surface area (Å²) in [5.41, 5.74) is 1.36. The van der Waals surface area contributed by atoms with Crippen LogP contribution in [0, 0.1) is 5.82 Å². The highest BCUT2D eigenvalue weighted by Crippen LogP contribution is 2.24. The molecule has 1 atom stereocenters. The van der Waals surface area contributed by atoms with Crippen LogP contribution in [0.25, 0.3) is 0 Å². The average Bonchev–Trinajstić information content (AvgIpc) is 2.64. The van der Waals surface area contributed by atoms with E-state index in [1.54, 1.807) is 43.3 Å². The van der Waals surface area contributed by atoms with Crippen molar-refractivity contribution in [2.45, 2.75) is 32.2 Å². The number of halogens is 2. The predicted octanol–water partition coefficient (Wildman–Crippen LogP) is 3.77. The van der Waals surface area contributed by atoms with Crippen molar-refractivity contribution in [3.05, 3.63) is 64.9 Å². The minimum absolute atomic E-state index is 0.286. The number of sulfonamides is 1. The van der Waals surface area contributed by atoms with Crippen molar-refractivity contribution >= 4 is 33.2 Å². The second-order valence-electron chi connectivity index (χ2n) is 6.48. The Labute approximate surface area is 170 Å². The van der Waals surface area contributed by atoms with E-state index >= 15 is 0 Å². The minimum atomic E-state index is -3.67. The summed E-state index contributed by atoms with van der Waals surface area (Å²) in [6.07, 6.45) is 2.74. The molecule has 0 bridgehead atoms. The number of nitrogens with zero attached hydrogens (tertiary/aromatic N) is 1. The summed E-state index contributed by atoms with van der Waals surface area (Å²) in [6.45, 7) is 2.15. The Hall–Kier alpha value is -2.12. The van der Waals surface area contributed by atoms with E-state index in [1.807, 2.05) is 0 Å². The fourth-order valence-corrected chi connectivity index (χ4v) is 4.26. The monoisotopic (exact) mass is 426 g/mol. The summed E-state index contributed by atoms with van der Waals surface area (Å²) in [5, 5.41) is 3.29. The van der Waals surface area contributed by atoms with Gasteiger partial charge in [-0.15, -0.1) is 0 Å². The first kappa shape index (κ1) is 22.2. The van der Waals surface area contributed by atoms with Crippen molar-refractivity contribution in [2.24, 2.45) is 0 Å². The molecule has 2 aromatic carbocycles. The van der Waals surface area contributed by atoms with Crippen LogP contribution in [0.15, 0.2) is 48.5 Å². The normalized spacial score (nSPS) is 12.4. The van der Waals surface area contributed by atoms with Crippen LogP contribution < -0.4 is 9.62 Å². The predicted molar refractivity (Wildman–Crippen MR) is 111 cm³/mol. The van der Waals surface area contributed by atoms with Gasteiger partial charge in [0, 0.05) is 11.6 Å². The molecule has 152 valence electrons. The van der Waals surface area contributed by atoms with Gasteiger partial charge in [0.25, 0.3) is 0 Å². The topological polar surface area (TPSA) is 66.5 Å². The molecule has 1 N–H and O–H groups in total. The van der Waals surface area contributed by atoms with Crippen molar-refractivity contribution in [3.63, 3.8) is 0 Å². The maximum absolute atomic E-state index is 12.9. The summed E-state index contributed by atoms with van der Waals surface area (Å²) in [4.78, 5) is 12.7. The molecule has 0 unspecified atom stereocenters. The molecule has 1 amide bonds. The molecule has 0 aliphatic heterocycles. The van der Waals surface area contributed by atoms with Gasteiger partial charge in [0.2, 0.25) is 15.9 Å². The van der Waals surface area contributed by atoms with Gasteiger partial charge >= 0.3 is 0 Å². The number of amides is 1. The zero-order valence-electron chi connectivity index (χ0n) is 15.9. The van der Waals surface area contributed by atoms with Gasteiger partial charge in [0.15, 0.2) is 0 Å². The summed E-state index contributed by atoms with van der Waals surface area (Å²) in [5.74, 6) is -0.645. The lowest BCUT2D eigenvalue weighted by Crippen LogP contribution is -2.49. The number of aryl methyl sites for hydroxylation is 1. The van der Waals surface area contributed by atoms with Gasteiger partial charge in [-0.3, -0.25) is 9.10 Å². The molecular weight excluding hydrogens is 403 g/mol. The van der Waals surface area contributed by atoms with Crippen LogP contribution in [-0.4, -0.2) is 33.2 Å². The van der Waals surface area contributed by atoms with Gasteiger partial charge in [-0.1, -0.05) is 30.7 Å². The highest BCUT2D eigenvalue weighted by molar-refractivity contribution is 7.92. The molecule has 0 fully saturated rings. The Morgan fingerprint density at radius 1 is 1.14 bits per heavy atom. The molecule has 0 saturated carbocycles. The Kier molecular flexibility index (Phi) is 7.83. The van der Waals surface area contributed by atoms with E-state index in [-0.39, 0.29) is 11.7 Å². The van der Waals surface area contributed by atoms with Gasteiger partial charge in [0.05, 0.1) is 11.9 Å². The first-order valence-electron chi connectivity index (χ1n) is 8.99. The van der Waals surface area contributed by atoms with Crippen molar-refractivity contribution in [1.29, 1.82) is 0 Å². The number of hydrogen-bond donors (Lipinski definition) is 1. The molecule has 8 heteroatoms. The molecule has 0 aliphatic rings. The standard InChI is InChI=1S/C20H24ClFN2O3S/c1-3-19(24(28(2,26)27)18-12-8-16(21)9-13-18)20(25)23-14-4-5-15-6-10-17(22)11-7-15/h6-13,19H,3-5,14H2,1-2H3,(H,23,25)/t19-/m1/s1. The lowest BCUT2D eigenvalue weighted by Gasteiger charge is -2.30. The summed E-state index contributed by atoms with van der Waals surface area (Å²) in [6, 6.07) is 11.7. The highest BCUT2D eigenvalue weighted by atomic mass is 35.5. The van der Waals surface area contributed by atoms with Gasteiger partial charge in [0.1, 0.15) is 11.9 Å². The first-order valence-corrected chi connectivity index (χ1v) is 11.2. The summed E-state index contributed by atoms with van der Waals surface area (Å²) in [7, 11) is -3.67. The summed E-state index contributed by atoms with van der Waals surface area (Å²) >= 11 is 5.88. The Morgan fingerprint density at radius 2 is 1.75 bits per heavy atom.